The minimum atomic E-state index is 0.0728. The van der Waals surface area contributed by atoms with E-state index in [1.54, 1.807) is 14.2 Å². The van der Waals surface area contributed by atoms with Gasteiger partial charge >= 0.3 is 0 Å². The number of rotatable bonds is 6. The number of hydrogen-bond acceptors (Lipinski definition) is 4. The van der Waals surface area contributed by atoms with Crippen molar-refractivity contribution in [3.05, 3.63) is 53.6 Å². The first-order valence-electron chi connectivity index (χ1n) is 6.41. The SMILES string of the molecule is COc1ccc(NCc2ccc(CO)cc2)cc1OC. The largest absolute Gasteiger partial charge is 0.493 e. The van der Waals surface area contributed by atoms with Gasteiger partial charge in [-0.3, -0.25) is 0 Å². The lowest BCUT2D eigenvalue weighted by Crippen LogP contribution is -2.00. The van der Waals surface area contributed by atoms with Gasteiger partial charge in [-0.1, -0.05) is 24.3 Å². The molecule has 0 atom stereocenters. The average molecular weight is 273 g/mol. The zero-order valence-corrected chi connectivity index (χ0v) is 11.7. The van der Waals surface area contributed by atoms with Crippen molar-refractivity contribution >= 4 is 5.69 Å². The monoisotopic (exact) mass is 273 g/mol. The molecule has 20 heavy (non-hydrogen) atoms. The molecule has 0 saturated carbocycles. The van der Waals surface area contributed by atoms with Gasteiger partial charge in [0.2, 0.25) is 0 Å². The fourth-order valence-corrected chi connectivity index (χ4v) is 1.91. The molecule has 0 bridgehead atoms. The Morgan fingerprint density at radius 3 is 2.15 bits per heavy atom. The Kier molecular flexibility index (Phi) is 4.85. The van der Waals surface area contributed by atoms with Crippen LogP contribution >= 0.6 is 0 Å². The Hall–Kier alpha value is -2.20. The molecule has 0 aliphatic heterocycles. The van der Waals surface area contributed by atoms with Gasteiger partial charge in [0, 0.05) is 18.3 Å². The van der Waals surface area contributed by atoms with Gasteiger partial charge < -0.3 is 19.9 Å². The summed E-state index contributed by atoms with van der Waals surface area (Å²) in [5.74, 6) is 1.42. The maximum absolute atomic E-state index is 9.00. The van der Waals surface area contributed by atoms with Crippen LogP contribution in [0.4, 0.5) is 5.69 Å². The quantitative estimate of drug-likeness (QED) is 0.849. The van der Waals surface area contributed by atoms with E-state index >= 15 is 0 Å². The van der Waals surface area contributed by atoms with Gasteiger partial charge in [-0.25, -0.2) is 0 Å². The van der Waals surface area contributed by atoms with Crippen molar-refractivity contribution in [1.29, 1.82) is 0 Å². The Balaban J connectivity index is 2.02. The van der Waals surface area contributed by atoms with E-state index < -0.39 is 0 Å². The highest BCUT2D eigenvalue weighted by atomic mass is 16.5. The number of anilines is 1. The van der Waals surface area contributed by atoms with Gasteiger partial charge in [-0.2, -0.15) is 0 Å². The lowest BCUT2D eigenvalue weighted by Gasteiger charge is -2.11. The van der Waals surface area contributed by atoms with Gasteiger partial charge in [0.1, 0.15) is 0 Å². The number of nitrogens with one attached hydrogen (secondary N) is 1. The summed E-state index contributed by atoms with van der Waals surface area (Å²) in [4.78, 5) is 0. The van der Waals surface area contributed by atoms with Crippen molar-refractivity contribution in [2.45, 2.75) is 13.2 Å². The molecule has 0 aromatic heterocycles. The molecule has 0 saturated heterocycles. The summed E-state index contributed by atoms with van der Waals surface area (Å²) < 4.78 is 10.5. The van der Waals surface area contributed by atoms with E-state index in [1.165, 1.54) is 0 Å². The van der Waals surface area contributed by atoms with Crippen molar-refractivity contribution in [2.24, 2.45) is 0 Å². The molecule has 0 heterocycles. The van der Waals surface area contributed by atoms with Crippen molar-refractivity contribution in [1.82, 2.24) is 0 Å². The molecule has 0 aliphatic carbocycles. The first-order chi connectivity index (χ1) is 9.76. The predicted octanol–water partition coefficient (Wildman–Crippen LogP) is 2.81. The summed E-state index contributed by atoms with van der Waals surface area (Å²) >= 11 is 0. The number of ether oxygens (including phenoxy) is 2. The molecule has 0 spiro atoms. The van der Waals surface area contributed by atoms with E-state index in [0.717, 1.165) is 16.8 Å². The van der Waals surface area contributed by atoms with Gasteiger partial charge in [-0.05, 0) is 23.3 Å². The Bertz CT molecular complexity index is 552. The third-order valence-electron chi connectivity index (χ3n) is 3.09. The van der Waals surface area contributed by atoms with E-state index in [0.29, 0.717) is 18.0 Å². The van der Waals surface area contributed by atoms with Gasteiger partial charge in [-0.15, -0.1) is 0 Å². The van der Waals surface area contributed by atoms with Crippen LogP contribution in [0.1, 0.15) is 11.1 Å². The predicted molar refractivity (Wildman–Crippen MR) is 79.2 cm³/mol. The van der Waals surface area contributed by atoms with Crippen LogP contribution in [0, 0.1) is 0 Å². The van der Waals surface area contributed by atoms with Crippen LogP contribution in [0.25, 0.3) is 0 Å². The van der Waals surface area contributed by atoms with E-state index in [1.807, 2.05) is 42.5 Å². The van der Waals surface area contributed by atoms with Crippen molar-refractivity contribution in [2.75, 3.05) is 19.5 Å². The summed E-state index contributed by atoms with van der Waals surface area (Å²) in [5.41, 5.74) is 3.03. The molecule has 0 unspecified atom stereocenters. The summed E-state index contributed by atoms with van der Waals surface area (Å²) in [6.07, 6.45) is 0. The van der Waals surface area contributed by atoms with Gasteiger partial charge in [0.25, 0.3) is 0 Å². The molecular formula is C16H19NO3. The molecule has 106 valence electrons. The highest BCUT2D eigenvalue weighted by molar-refractivity contribution is 5.54. The molecule has 0 radical (unpaired) electrons. The van der Waals surface area contributed by atoms with Crippen LogP contribution in [0.15, 0.2) is 42.5 Å². The maximum Gasteiger partial charge on any atom is 0.162 e. The molecule has 2 aromatic rings. The Morgan fingerprint density at radius 2 is 1.55 bits per heavy atom. The molecular weight excluding hydrogens is 254 g/mol. The molecule has 0 fully saturated rings. The number of aliphatic hydroxyl groups is 1. The van der Waals surface area contributed by atoms with Crippen LogP contribution in [-0.2, 0) is 13.2 Å². The first-order valence-corrected chi connectivity index (χ1v) is 6.41. The fourth-order valence-electron chi connectivity index (χ4n) is 1.91. The van der Waals surface area contributed by atoms with E-state index in [2.05, 4.69) is 5.32 Å². The third kappa shape index (κ3) is 3.42. The second-order valence-electron chi connectivity index (χ2n) is 4.40. The Morgan fingerprint density at radius 1 is 0.900 bits per heavy atom. The second kappa shape index (κ2) is 6.82. The lowest BCUT2D eigenvalue weighted by atomic mass is 10.1. The third-order valence-corrected chi connectivity index (χ3v) is 3.09. The minimum absolute atomic E-state index is 0.0728. The molecule has 2 aromatic carbocycles. The molecule has 2 N–H and O–H groups in total. The van der Waals surface area contributed by atoms with E-state index in [9.17, 15) is 0 Å². The van der Waals surface area contributed by atoms with Crippen molar-refractivity contribution in [3.63, 3.8) is 0 Å². The molecule has 0 aliphatic rings. The number of benzene rings is 2. The van der Waals surface area contributed by atoms with Gasteiger partial charge in [0.05, 0.1) is 20.8 Å². The first kappa shape index (κ1) is 14.2. The number of hydrogen-bond donors (Lipinski definition) is 2. The van der Waals surface area contributed by atoms with Crippen LogP contribution in [-0.4, -0.2) is 19.3 Å². The highest BCUT2D eigenvalue weighted by Crippen LogP contribution is 2.29. The maximum atomic E-state index is 9.00. The molecule has 0 amide bonds. The number of aliphatic hydroxyl groups excluding tert-OH is 1. The second-order valence-corrected chi connectivity index (χ2v) is 4.40. The molecule has 2 rings (SSSR count). The average Bonchev–Trinajstić information content (AvgIpc) is 2.53. The molecule has 4 nitrogen and oxygen atoms in total. The topological polar surface area (TPSA) is 50.7 Å². The molecule has 4 heteroatoms. The number of methoxy groups -OCH3 is 2. The smallest absolute Gasteiger partial charge is 0.162 e. The van der Waals surface area contributed by atoms with Gasteiger partial charge in [0.15, 0.2) is 11.5 Å². The fraction of sp³-hybridized carbons (Fsp3) is 0.250. The van der Waals surface area contributed by atoms with Crippen LogP contribution in [0.2, 0.25) is 0 Å². The van der Waals surface area contributed by atoms with E-state index in [4.69, 9.17) is 14.6 Å². The summed E-state index contributed by atoms with van der Waals surface area (Å²) in [5, 5.41) is 12.3. The normalized spacial score (nSPS) is 10.2. The van der Waals surface area contributed by atoms with Crippen molar-refractivity contribution in [3.8, 4) is 11.5 Å². The van der Waals surface area contributed by atoms with Crippen molar-refractivity contribution < 1.29 is 14.6 Å². The minimum Gasteiger partial charge on any atom is -0.493 e. The lowest BCUT2D eigenvalue weighted by molar-refractivity contribution is 0.282. The zero-order chi connectivity index (χ0) is 14.4. The zero-order valence-electron chi connectivity index (χ0n) is 11.7. The van der Waals surface area contributed by atoms with E-state index in [-0.39, 0.29) is 6.61 Å². The van der Waals surface area contributed by atoms with Crippen LogP contribution in [0.5, 0.6) is 11.5 Å². The standard InChI is InChI=1S/C16H19NO3/c1-19-15-8-7-14(9-16(15)20-2)17-10-12-3-5-13(11-18)6-4-12/h3-9,17-18H,10-11H2,1-2H3. The highest BCUT2D eigenvalue weighted by Gasteiger charge is 2.04. The Labute approximate surface area is 119 Å². The summed E-state index contributed by atoms with van der Waals surface area (Å²) in [7, 11) is 3.24. The van der Waals surface area contributed by atoms with Crippen LogP contribution < -0.4 is 14.8 Å². The van der Waals surface area contributed by atoms with Crippen LogP contribution in [0.3, 0.4) is 0 Å². The summed E-state index contributed by atoms with van der Waals surface area (Å²) in [6.45, 7) is 0.782. The summed E-state index contributed by atoms with van der Waals surface area (Å²) in [6, 6.07) is 13.6.